The van der Waals surface area contributed by atoms with Gasteiger partial charge in [-0.05, 0) is 116 Å². The van der Waals surface area contributed by atoms with Crippen molar-refractivity contribution in [3.8, 4) is 11.5 Å². The summed E-state index contributed by atoms with van der Waals surface area (Å²) in [5.74, 6) is 2.02. The molecule has 2 aromatic carbocycles. The molecule has 1 aliphatic heterocycles. The summed E-state index contributed by atoms with van der Waals surface area (Å²) >= 11 is 1.29. The highest BCUT2D eigenvalue weighted by Gasteiger charge is 2.54. The van der Waals surface area contributed by atoms with E-state index in [0.717, 1.165) is 24.9 Å². The molecule has 1 N–H and O–H groups in total. The van der Waals surface area contributed by atoms with Crippen molar-refractivity contribution >= 4 is 46.8 Å². The number of ether oxygens (including phenoxy) is 3. The van der Waals surface area contributed by atoms with Crippen LogP contribution in [0.15, 0.2) is 70.7 Å². The molecule has 4 fully saturated rings. The van der Waals surface area contributed by atoms with E-state index < -0.39 is 11.9 Å². The van der Waals surface area contributed by atoms with E-state index >= 15 is 0 Å². The van der Waals surface area contributed by atoms with Gasteiger partial charge >= 0.3 is 11.9 Å². The molecule has 3 aromatic rings. The molecule has 0 atom stereocenters. The topological polar surface area (TPSA) is 103 Å². The normalized spacial score (nSPS) is 26.6. The molecule has 4 aliphatic carbocycles. The zero-order valence-electron chi connectivity index (χ0n) is 23.1. The molecule has 4 bridgehead atoms. The first-order valence-electron chi connectivity index (χ1n) is 14.3. The number of cyclic esters (lactones) is 1. The number of nitrogens with one attached hydrogen (secondary N) is 1. The Morgan fingerprint density at radius 2 is 1.71 bits per heavy atom. The van der Waals surface area contributed by atoms with Gasteiger partial charge in [-0.2, -0.15) is 0 Å². The molecule has 5 aliphatic rings. The molecular weight excluding hydrogens is 552 g/mol. The van der Waals surface area contributed by atoms with Gasteiger partial charge in [-0.25, -0.2) is 14.6 Å². The lowest BCUT2D eigenvalue weighted by Crippen LogP contribution is -2.51. The molecule has 2 heterocycles. The highest BCUT2D eigenvalue weighted by Crippen LogP contribution is 2.60. The van der Waals surface area contributed by atoms with E-state index in [0.29, 0.717) is 39.5 Å². The van der Waals surface area contributed by atoms with E-state index in [1.54, 1.807) is 53.9 Å². The van der Waals surface area contributed by atoms with Crippen molar-refractivity contribution in [3.05, 3.63) is 81.7 Å². The molecule has 1 aromatic heterocycles. The minimum absolute atomic E-state index is 0.134. The van der Waals surface area contributed by atoms with Crippen LogP contribution in [-0.4, -0.2) is 30.9 Å². The molecule has 9 heteroatoms. The molecule has 1 amide bonds. The van der Waals surface area contributed by atoms with Crippen molar-refractivity contribution in [2.75, 3.05) is 12.4 Å². The maximum Gasteiger partial charge on any atom is 0.363 e. The number of methoxy groups -OCH3 is 1. The van der Waals surface area contributed by atoms with Crippen LogP contribution in [0.2, 0.25) is 0 Å². The summed E-state index contributed by atoms with van der Waals surface area (Å²) in [5.41, 5.74) is 1.90. The van der Waals surface area contributed by atoms with Crippen molar-refractivity contribution in [1.29, 1.82) is 0 Å². The predicted molar refractivity (Wildman–Crippen MR) is 159 cm³/mol. The Hall–Kier alpha value is -4.24. The molecule has 4 saturated carbocycles. The first-order chi connectivity index (χ1) is 20.4. The lowest BCUT2D eigenvalue weighted by Gasteiger charge is -2.55. The molecule has 42 heavy (non-hydrogen) atoms. The van der Waals surface area contributed by atoms with Gasteiger partial charge in [-0.3, -0.25) is 4.79 Å². The Balaban J connectivity index is 1.04. The van der Waals surface area contributed by atoms with Crippen molar-refractivity contribution in [2.45, 2.75) is 38.5 Å². The van der Waals surface area contributed by atoms with Gasteiger partial charge in [-0.15, -0.1) is 11.3 Å². The van der Waals surface area contributed by atoms with Crippen LogP contribution < -0.4 is 14.8 Å². The van der Waals surface area contributed by atoms with Crippen LogP contribution >= 0.6 is 11.3 Å². The quantitative estimate of drug-likeness (QED) is 0.194. The molecule has 0 unspecified atom stereocenters. The highest BCUT2D eigenvalue weighted by atomic mass is 32.1. The summed E-state index contributed by atoms with van der Waals surface area (Å²) in [6, 6.07) is 15.7. The Kier molecular flexibility index (Phi) is 6.69. The molecule has 8 nitrogen and oxygen atoms in total. The summed E-state index contributed by atoms with van der Waals surface area (Å²) in [5, 5.41) is 4.96. The van der Waals surface area contributed by atoms with Crippen LogP contribution in [0.25, 0.3) is 6.08 Å². The second kappa shape index (κ2) is 10.5. The molecular formula is C33H30N2O6S. The molecule has 0 radical (unpaired) electrons. The molecule has 214 valence electrons. The van der Waals surface area contributed by atoms with E-state index in [4.69, 9.17) is 14.2 Å². The predicted octanol–water partition coefficient (Wildman–Crippen LogP) is 6.48. The summed E-state index contributed by atoms with van der Waals surface area (Å²) in [6.07, 6.45) is 8.51. The number of esters is 2. The number of carbonyl (C=O) groups excluding carboxylic acids is 3. The van der Waals surface area contributed by atoms with Gasteiger partial charge in [0, 0.05) is 11.3 Å². The Bertz CT molecular complexity index is 1590. The summed E-state index contributed by atoms with van der Waals surface area (Å²) < 4.78 is 16.3. The maximum atomic E-state index is 13.4. The summed E-state index contributed by atoms with van der Waals surface area (Å²) in [7, 11) is 1.48. The highest BCUT2D eigenvalue weighted by molar-refractivity contribution is 7.12. The molecule has 0 saturated heterocycles. The minimum atomic E-state index is -0.573. The van der Waals surface area contributed by atoms with E-state index in [1.807, 2.05) is 12.1 Å². The van der Waals surface area contributed by atoms with Crippen molar-refractivity contribution < 1.29 is 28.6 Å². The van der Waals surface area contributed by atoms with E-state index in [-0.39, 0.29) is 28.7 Å². The van der Waals surface area contributed by atoms with Crippen LogP contribution in [-0.2, 0) is 14.3 Å². The third-order valence-corrected chi connectivity index (χ3v) is 9.80. The van der Waals surface area contributed by atoms with Crippen molar-refractivity contribution in [1.82, 2.24) is 0 Å². The van der Waals surface area contributed by atoms with E-state index in [1.165, 1.54) is 37.7 Å². The zero-order chi connectivity index (χ0) is 28.8. The number of aliphatic imine (C=N–C) groups is 1. The summed E-state index contributed by atoms with van der Waals surface area (Å²) in [6.45, 7) is 0. The molecule has 0 spiro atoms. The average molecular weight is 583 g/mol. The van der Waals surface area contributed by atoms with Crippen LogP contribution in [0.5, 0.6) is 11.5 Å². The van der Waals surface area contributed by atoms with Crippen LogP contribution in [0, 0.1) is 23.2 Å². The third-order valence-electron chi connectivity index (χ3n) is 8.95. The van der Waals surface area contributed by atoms with Gasteiger partial charge in [0.2, 0.25) is 11.8 Å². The third kappa shape index (κ3) is 5.02. The standard InChI is InChI=1S/C33H30N2O6S/c1-39-27-15-19(4-9-26(27)40-31(37)28-3-2-10-42-28)14-25-30(36)41-29(35-25)23-5-7-24(8-6-23)34-32(38)33-16-20-11-21(17-33)13-22(12-20)18-33/h2-10,14-15,20-22H,11-13,16-18H2,1H3,(H,34,38). The summed E-state index contributed by atoms with van der Waals surface area (Å²) in [4.78, 5) is 43.2. The van der Waals surface area contributed by atoms with Gasteiger partial charge in [0.25, 0.3) is 0 Å². The fourth-order valence-corrected chi connectivity index (χ4v) is 8.04. The lowest BCUT2D eigenvalue weighted by atomic mass is 9.49. The van der Waals surface area contributed by atoms with Gasteiger partial charge in [0.1, 0.15) is 4.88 Å². The van der Waals surface area contributed by atoms with Gasteiger partial charge in [-0.1, -0.05) is 12.1 Å². The Labute approximate surface area is 247 Å². The number of benzene rings is 2. The first kappa shape index (κ1) is 26.6. The number of carbonyl (C=O) groups is 3. The monoisotopic (exact) mass is 582 g/mol. The fraction of sp³-hybridized carbons (Fsp3) is 0.333. The van der Waals surface area contributed by atoms with E-state index in [2.05, 4.69) is 10.3 Å². The van der Waals surface area contributed by atoms with Gasteiger partial charge in [0.15, 0.2) is 17.2 Å². The van der Waals surface area contributed by atoms with Crippen LogP contribution in [0.3, 0.4) is 0 Å². The fourth-order valence-electron chi connectivity index (χ4n) is 7.44. The number of anilines is 1. The van der Waals surface area contributed by atoms with Crippen molar-refractivity contribution in [3.63, 3.8) is 0 Å². The second-order valence-corrected chi connectivity index (χ2v) is 12.8. The smallest absolute Gasteiger partial charge is 0.363 e. The SMILES string of the molecule is COc1cc(C=C2N=C(c3ccc(NC(=O)C45CC6CC(CC(C6)C4)C5)cc3)OC2=O)ccc1OC(=O)c1cccs1. The van der Waals surface area contributed by atoms with Gasteiger partial charge < -0.3 is 19.5 Å². The number of rotatable bonds is 7. The Morgan fingerprint density at radius 3 is 2.36 bits per heavy atom. The van der Waals surface area contributed by atoms with Crippen LogP contribution in [0.1, 0.15) is 59.3 Å². The van der Waals surface area contributed by atoms with E-state index in [9.17, 15) is 14.4 Å². The largest absolute Gasteiger partial charge is 0.493 e. The Morgan fingerprint density at radius 1 is 1.00 bits per heavy atom. The minimum Gasteiger partial charge on any atom is -0.493 e. The lowest BCUT2D eigenvalue weighted by molar-refractivity contribution is -0.140. The number of hydrogen-bond donors (Lipinski definition) is 1. The maximum absolute atomic E-state index is 13.4. The molecule has 8 rings (SSSR count). The number of amides is 1. The van der Waals surface area contributed by atoms with Gasteiger partial charge in [0.05, 0.1) is 12.5 Å². The first-order valence-corrected chi connectivity index (χ1v) is 15.1. The second-order valence-electron chi connectivity index (χ2n) is 11.8. The van der Waals surface area contributed by atoms with Crippen LogP contribution in [0.4, 0.5) is 5.69 Å². The number of thiophene rings is 1. The number of hydrogen-bond acceptors (Lipinski definition) is 8. The zero-order valence-corrected chi connectivity index (χ0v) is 23.9. The average Bonchev–Trinajstić information content (AvgIpc) is 3.64. The number of nitrogens with zero attached hydrogens (tertiary/aromatic N) is 1. The van der Waals surface area contributed by atoms with Crippen molar-refractivity contribution in [2.24, 2.45) is 28.2 Å².